The number of hydrogen-bond acceptors (Lipinski definition) is 9. The zero-order valence-corrected chi connectivity index (χ0v) is 46.9. The van der Waals surface area contributed by atoms with Gasteiger partial charge in [-0.25, -0.2) is 0 Å². The molecule has 0 amide bonds. The Labute approximate surface area is 467 Å². The zero-order chi connectivity index (χ0) is 53.7. The lowest BCUT2D eigenvalue weighted by Gasteiger charge is -2.40. The first kappa shape index (κ1) is 54.8. The van der Waals surface area contributed by atoms with Crippen LogP contribution in [0.1, 0.15) is 113 Å². The van der Waals surface area contributed by atoms with E-state index in [0.717, 1.165) is 132 Å². The molecule has 77 heavy (non-hydrogen) atoms. The number of hydrogen-bond donors (Lipinski definition) is 1. The average Bonchev–Trinajstić information content (AvgIpc) is 4.13. The Bertz CT molecular complexity index is 3040. The van der Waals surface area contributed by atoms with E-state index in [1.165, 1.54) is 29.5 Å². The van der Waals surface area contributed by atoms with Gasteiger partial charge in [-0.1, -0.05) is 134 Å². The molecule has 1 aliphatic carbocycles. The predicted molar refractivity (Wildman–Crippen MR) is 311 cm³/mol. The summed E-state index contributed by atoms with van der Waals surface area (Å²) < 4.78 is 17.3. The summed E-state index contributed by atoms with van der Waals surface area (Å²) in [4.78, 5) is 44.2. The Hall–Kier alpha value is -5.50. The maximum atomic E-state index is 12.5. The van der Waals surface area contributed by atoms with Gasteiger partial charge in [0.05, 0.1) is 41.5 Å². The molecule has 3 aromatic heterocycles. The molecule has 5 aliphatic heterocycles. The standard InChI is InChI=1S/2C21H25ClN2O2.C20H23ClN2O2/c1-2-3-11-24-12-8-17(19(22)20(24)25)23-13-9-21(10-14-23)15-26-18-7-5-4-6-16(18)21;1-2-3-11-24-12-8-18(19(22)20(24)25)23-13-9-21(10-14-23)17-7-5-4-6-16(17)15-26-21;21-18-17(8-11-23(19(18)24)14-15-6-7-15)22-12-9-20(25,10-13-22)16-4-2-1-3-5-16/h2*4-8,12H,2-3,9-11,13-15H2,1H3;1-5,8,11,15,25H,6-7,9-10,12-14H2. The van der Waals surface area contributed by atoms with Crippen molar-refractivity contribution in [2.45, 2.75) is 134 Å². The van der Waals surface area contributed by atoms with Crippen LogP contribution in [0.3, 0.4) is 0 Å². The first-order valence-corrected chi connectivity index (χ1v) is 29.1. The van der Waals surface area contributed by atoms with Crippen LogP contribution in [0.5, 0.6) is 5.75 Å². The minimum atomic E-state index is -0.800. The van der Waals surface area contributed by atoms with Gasteiger partial charge >= 0.3 is 0 Å². The summed E-state index contributed by atoms with van der Waals surface area (Å²) in [5.41, 5.74) is 6.31. The number of pyridine rings is 3. The zero-order valence-electron chi connectivity index (χ0n) is 44.6. The van der Waals surface area contributed by atoms with Gasteiger partial charge in [0, 0.05) is 88.5 Å². The van der Waals surface area contributed by atoms with Crippen molar-refractivity contribution in [3.8, 4) is 5.75 Å². The molecule has 4 fully saturated rings. The lowest BCUT2D eigenvalue weighted by atomic mass is 9.74. The van der Waals surface area contributed by atoms with E-state index in [1.807, 2.05) is 73.2 Å². The molecule has 6 aromatic rings. The number of aryl methyl sites for hydroxylation is 2. The van der Waals surface area contributed by atoms with E-state index in [2.05, 4.69) is 71.0 Å². The highest BCUT2D eigenvalue weighted by Gasteiger charge is 2.44. The van der Waals surface area contributed by atoms with Crippen molar-refractivity contribution in [1.82, 2.24) is 13.7 Å². The smallest absolute Gasteiger partial charge is 0.271 e. The van der Waals surface area contributed by atoms with Gasteiger partial charge < -0.3 is 43.0 Å². The molecule has 3 saturated heterocycles. The fraction of sp³-hybridized carbons (Fsp3) is 0.468. The van der Waals surface area contributed by atoms with Crippen molar-refractivity contribution >= 4 is 51.9 Å². The van der Waals surface area contributed by atoms with Crippen molar-refractivity contribution in [2.75, 3.05) is 60.6 Å². The van der Waals surface area contributed by atoms with Gasteiger partial charge in [-0.2, -0.15) is 0 Å². The first-order valence-electron chi connectivity index (χ1n) is 28.0. The molecule has 0 radical (unpaired) electrons. The molecule has 8 heterocycles. The highest BCUT2D eigenvalue weighted by atomic mass is 35.5. The second-order valence-corrected chi connectivity index (χ2v) is 23.1. The maximum Gasteiger partial charge on any atom is 0.271 e. The number of para-hydroxylation sites is 1. The molecular weight excluding hydrogens is 1030 g/mol. The molecule has 0 atom stereocenters. The van der Waals surface area contributed by atoms with Crippen LogP contribution in [0, 0.1) is 5.92 Å². The molecule has 3 aromatic carbocycles. The normalized spacial score (nSPS) is 18.7. The van der Waals surface area contributed by atoms with Gasteiger partial charge in [0.25, 0.3) is 16.7 Å². The number of benzene rings is 3. The molecule has 2 spiro atoms. The number of rotatable bonds is 12. The number of aromatic nitrogens is 3. The van der Waals surface area contributed by atoms with Crippen molar-refractivity contribution in [1.29, 1.82) is 0 Å². The Balaban J connectivity index is 0.000000131. The van der Waals surface area contributed by atoms with Crippen LogP contribution >= 0.6 is 34.8 Å². The number of halogens is 3. The topological polar surface area (TPSA) is 114 Å². The van der Waals surface area contributed by atoms with Gasteiger partial charge in [-0.05, 0) is 111 Å². The first-order chi connectivity index (χ1) is 37.4. The number of aliphatic hydroxyl groups is 1. The van der Waals surface area contributed by atoms with E-state index in [-0.39, 0.29) is 27.7 Å². The summed E-state index contributed by atoms with van der Waals surface area (Å²) in [5, 5.41) is 11.9. The second-order valence-electron chi connectivity index (χ2n) is 22.0. The quantitative estimate of drug-likeness (QED) is 0.128. The molecule has 1 N–H and O–H groups in total. The summed E-state index contributed by atoms with van der Waals surface area (Å²) >= 11 is 19.3. The van der Waals surface area contributed by atoms with Crippen LogP contribution in [0.2, 0.25) is 15.1 Å². The second kappa shape index (κ2) is 23.8. The molecule has 0 bridgehead atoms. The number of ether oxygens (including phenoxy) is 2. The summed E-state index contributed by atoms with van der Waals surface area (Å²) in [5.74, 6) is 1.66. The lowest BCUT2D eigenvalue weighted by Crippen LogP contribution is -2.44. The van der Waals surface area contributed by atoms with Gasteiger partial charge in [0.15, 0.2) is 0 Å². The summed E-state index contributed by atoms with van der Waals surface area (Å²) in [6, 6.07) is 32.6. The minimum Gasteiger partial charge on any atom is -0.492 e. The van der Waals surface area contributed by atoms with Crippen LogP contribution < -0.4 is 36.1 Å². The van der Waals surface area contributed by atoms with Crippen molar-refractivity contribution in [2.24, 2.45) is 5.92 Å². The van der Waals surface area contributed by atoms with Gasteiger partial charge in [-0.3, -0.25) is 14.4 Å². The number of nitrogens with zero attached hydrogens (tertiary/aromatic N) is 6. The van der Waals surface area contributed by atoms with E-state index in [4.69, 9.17) is 44.3 Å². The van der Waals surface area contributed by atoms with E-state index in [0.29, 0.717) is 53.5 Å². The highest BCUT2D eigenvalue weighted by molar-refractivity contribution is 6.33. The van der Waals surface area contributed by atoms with Crippen LogP contribution in [0.4, 0.5) is 17.1 Å². The third kappa shape index (κ3) is 11.7. The number of anilines is 3. The highest BCUT2D eigenvalue weighted by Crippen LogP contribution is 2.47. The Morgan fingerprint density at radius 3 is 1.57 bits per heavy atom. The van der Waals surface area contributed by atoms with Crippen LogP contribution in [-0.2, 0) is 47.6 Å². The molecule has 0 unspecified atom stereocenters. The van der Waals surface area contributed by atoms with Crippen LogP contribution in [-0.4, -0.2) is 64.7 Å². The number of unbranched alkanes of at least 4 members (excludes halogenated alkanes) is 2. The third-order valence-corrected chi connectivity index (χ3v) is 18.2. The molecule has 15 heteroatoms. The average molecular weight is 1100 g/mol. The molecule has 6 aliphatic rings. The van der Waals surface area contributed by atoms with E-state index in [1.54, 1.807) is 13.7 Å². The van der Waals surface area contributed by atoms with E-state index in [9.17, 15) is 19.5 Å². The maximum absolute atomic E-state index is 12.5. The summed E-state index contributed by atoms with van der Waals surface area (Å²) in [6.45, 7) is 12.7. The monoisotopic (exact) mass is 1100 g/mol. The van der Waals surface area contributed by atoms with Gasteiger partial charge in [0.1, 0.15) is 20.8 Å². The summed E-state index contributed by atoms with van der Waals surface area (Å²) in [7, 11) is 0. The van der Waals surface area contributed by atoms with Crippen molar-refractivity contribution in [3.05, 3.63) is 184 Å². The Kier molecular flexibility index (Phi) is 17.0. The largest absolute Gasteiger partial charge is 0.492 e. The van der Waals surface area contributed by atoms with Crippen LogP contribution in [0.15, 0.2) is 130 Å². The van der Waals surface area contributed by atoms with Gasteiger partial charge in [0.2, 0.25) is 0 Å². The predicted octanol–water partition coefficient (Wildman–Crippen LogP) is 12.0. The molecular formula is C62H73Cl3N6O6. The van der Waals surface area contributed by atoms with E-state index >= 15 is 0 Å². The van der Waals surface area contributed by atoms with Gasteiger partial charge in [-0.15, -0.1) is 0 Å². The van der Waals surface area contributed by atoms with Crippen LogP contribution in [0.25, 0.3) is 0 Å². The lowest BCUT2D eigenvalue weighted by molar-refractivity contribution is -0.0551. The molecule has 1 saturated carbocycles. The van der Waals surface area contributed by atoms with Crippen molar-refractivity contribution < 1.29 is 14.6 Å². The Morgan fingerprint density at radius 2 is 1.03 bits per heavy atom. The minimum absolute atomic E-state index is 0.0764. The molecule has 12 nitrogen and oxygen atoms in total. The fourth-order valence-electron chi connectivity index (χ4n) is 12.1. The summed E-state index contributed by atoms with van der Waals surface area (Å²) in [6.07, 6.45) is 17.2. The molecule has 12 rings (SSSR count). The number of fused-ring (bicyclic) bond motifs is 4. The van der Waals surface area contributed by atoms with E-state index < -0.39 is 5.60 Å². The third-order valence-electron chi connectivity index (χ3n) is 17.1. The SMILES string of the molecule is CCCCn1ccc(N2CCC3(CC2)COc2ccccc23)c(Cl)c1=O.CCCCn1ccc(N2CCC3(CC2)OCc2ccccc23)c(Cl)c1=O.O=c1c(Cl)c(N2CCC(O)(c3ccccc3)CC2)ccn1CC1CC1. The van der Waals surface area contributed by atoms with Crippen molar-refractivity contribution in [3.63, 3.8) is 0 Å². The fourth-order valence-corrected chi connectivity index (χ4v) is 12.9. The Morgan fingerprint density at radius 1 is 0.558 bits per heavy atom. The number of piperidine rings is 3. The molecule has 408 valence electrons.